The third kappa shape index (κ3) is 4.56. The van der Waals surface area contributed by atoms with Crippen molar-refractivity contribution in [1.82, 2.24) is 0 Å². The molecule has 0 saturated carbocycles. The van der Waals surface area contributed by atoms with E-state index in [-0.39, 0.29) is 0 Å². The van der Waals surface area contributed by atoms with Crippen molar-refractivity contribution in [2.75, 3.05) is 14.2 Å². The first-order valence-electron chi connectivity index (χ1n) is 5.26. The first kappa shape index (κ1) is 14.3. The zero-order chi connectivity index (χ0) is 14.3. The molecule has 1 aromatic rings. The maximum atomic E-state index is 10.9. The molecular formula is C14H12O5. The van der Waals surface area contributed by atoms with Crippen LogP contribution in [0.25, 0.3) is 6.08 Å². The molecule has 0 aliphatic carbocycles. The lowest BCUT2D eigenvalue weighted by Gasteiger charge is -2.04. The van der Waals surface area contributed by atoms with Crippen molar-refractivity contribution in [1.29, 1.82) is 0 Å². The Labute approximate surface area is 110 Å². The van der Waals surface area contributed by atoms with Gasteiger partial charge in [-0.2, -0.15) is 0 Å². The summed E-state index contributed by atoms with van der Waals surface area (Å²) in [4.78, 5) is 21.4. The highest BCUT2D eigenvalue weighted by Gasteiger charge is 2.01. The predicted octanol–water partition coefficient (Wildman–Crippen LogP) is 1.32. The summed E-state index contributed by atoms with van der Waals surface area (Å²) in [6.07, 6.45) is 2.39. The van der Waals surface area contributed by atoms with Crippen LogP contribution in [0.15, 0.2) is 24.3 Å². The molecule has 0 aliphatic rings. The molecule has 98 valence electrons. The van der Waals surface area contributed by atoms with Gasteiger partial charge in [0.1, 0.15) is 5.75 Å². The summed E-state index contributed by atoms with van der Waals surface area (Å²) < 4.78 is 9.49. The van der Waals surface area contributed by atoms with E-state index >= 15 is 0 Å². The number of ether oxygens (including phenoxy) is 2. The first-order valence-corrected chi connectivity index (χ1v) is 5.26. The SMILES string of the molecule is COC(=O)C#Cc1ccc(OC)c(/C=C/C(=O)O)c1. The van der Waals surface area contributed by atoms with Gasteiger partial charge in [0, 0.05) is 23.1 Å². The van der Waals surface area contributed by atoms with Gasteiger partial charge in [-0.3, -0.25) is 0 Å². The second-order valence-electron chi connectivity index (χ2n) is 3.37. The lowest BCUT2D eigenvalue weighted by atomic mass is 10.1. The molecule has 0 aromatic heterocycles. The minimum atomic E-state index is -1.06. The van der Waals surface area contributed by atoms with E-state index in [0.29, 0.717) is 16.9 Å². The molecule has 19 heavy (non-hydrogen) atoms. The second-order valence-corrected chi connectivity index (χ2v) is 3.37. The molecule has 0 heterocycles. The smallest absolute Gasteiger partial charge is 0.384 e. The average Bonchev–Trinajstić information content (AvgIpc) is 2.42. The van der Waals surface area contributed by atoms with Crippen molar-refractivity contribution in [2.45, 2.75) is 0 Å². The molecule has 0 radical (unpaired) electrons. The monoisotopic (exact) mass is 260 g/mol. The van der Waals surface area contributed by atoms with Crippen molar-refractivity contribution < 1.29 is 24.2 Å². The molecule has 0 spiro atoms. The maximum Gasteiger partial charge on any atom is 0.384 e. The predicted molar refractivity (Wildman–Crippen MR) is 68.6 cm³/mol. The van der Waals surface area contributed by atoms with Crippen LogP contribution in [-0.4, -0.2) is 31.3 Å². The summed E-state index contributed by atoms with van der Waals surface area (Å²) in [6, 6.07) is 4.92. The summed E-state index contributed by atoms with van der Waals surface area (Å²) >= 11 is 0. The minimum absolute atomic E-state index is 0.515. The van der Waals surface area contributed by atoms with Crippen LogP contribution in [0.2, 0.25) is 0 Å². The molecule has 0 unspecified atom stereocenters. The Hall–Kier alpha value is -2.74. The third-order valence-corrected chi connectivity index (χ3v) is 2.13. The normalized spacial score (nSPS) is 9.58. The van der Waals surface area contributed by atoms with Gasteiger partial charge in [0.15, 0.2) is 0 Å². The Morgan fingerprint density at radius 3 is 2.63 bits per heavy atom. The van der Waals surface area contributed by atoms with Crippen LogP contribution in [0.4, 0.5) is 0 Å². The molecule has 0 atom stereocenters. The largest absolute Gasteiger partial charge is 0.496 e. The van der Waals surface area contributed by atoms with Crippen LogP contribution in [-0.2, 0) is 14.3 Å². The number of rotatable bonds is 3. The minimum Gasteiger partial charge on any atom is -0.496 e. The fourth-order valence-electron chi connectivity index (χ4n) is 1.28. The molecule has 0 bridgehead atoms. The summed E-state index contributed by atoms with van der Waals surface area (Å²) in [5, 5.41) is 8.60. The molecule has 5 heteroatoms. The van der Waals surface area contributed by atoms with E-state index < -0.39 is 11.9 Å². The van der Waals surface area contributed by atoms with Gasteiger partial charge in [0.05, 0.1) is 14.2 Å². The van der Waals surface area contributed by atoms with Crippen LogP contribution < -0.4 is 4.74 Å². The Bertz CT molecular complexity index is 575. The number of aliphatic carboxylic acids is 1. The van der Waals surface area contributed by atoms with Gasteiger partial charge < -0.3 is 14.6 Å². The zero-order valence-electron chi connectivity index (χ0n) is 10.5. The van der Waals surface area contributed by atoms with Crippen molar-refractivity contribution in [3.8, 4) is 17.6 Å². The van der Waals surface area contributed by atoms with E-state index in [9.17, 15) is 9.59 Å². The summed E-state index contributed by atoms with van der Waals surface area (Å²) in [7, 11) is 2.72. The van der Waals surface area contributed by atoms with E-state index in [0.717, 1.165) is 6.08 Å². The van der Waals surface area contributed by atoms with Gasteiger partial charge in [-0.25, -0.2) is 9.59 Å². The van der Waals surface area contributed by atoms with E-state index in [1.54, 1.807) is 18.2 Å². The molecule has 0 fully saturated rings. The number of carbonyl (C=O) groups is 2. The standard InChI is InChI=1S/C14H12O5/c1-18-12-6-3-10(4-8-14(17)19-2)9-11(12)5-7-13(15)16/h3,5-7,9H,1-2H3,(H,15,16)/b7-5+. The molecular weight excluding hydrogens is 248 g/mol. The van der Waals surface area contributed by atoms with Gasteiger partial charge in [-0.15, -0.1) is 0 Å². The lowest BCUT2D eigenvalue weighted by Crippen LogP contribution is -1.95. The van der Waals surface area contributed by atoms with Crippen LogP contribution in [0.1, 0.15) is 11.1 Å². The van der Waals surface area contributed by atoms with Crippen molar-refractivity contribution in [3.63, 3.8) is 0 Å². The molecule has 1 N–H and O–H groups in total. The van der Waals surface area contributed by atoms with Gasteiger partial charge in [-0.1, -0.05) is 5.92 Å². The van der Waals surface area contributed by atoms with Crippen LogP contribution >= 0.6 is 0 Å². The third-order valence-electron chi connectivity index (χ3n) is 2.13. The van der Waals surface area contributed by atoms with E-state index in [1.807, 2.05) is 0 Å². The topological polar surface area (TPSA) is 72.8 Å². The highest BCUT2D eigenvalue weighted by Crippen LogP contribution is 2.21. The molecule has 0 aliphatic heterocycles. The first-order chi connectivity index (χ1) is 9.06. The van der Waals surface area contributed by atoms with Crippen LogP contribution in [0, 0.1) is 11.8 Å². The Morgan fingerprint density at radius 2 is 2.05 bits per heavy atom. The van der Waals surface area contributed by atoms with E-state index in [1.165, 1.54) is 20.3 Å². The lowest BCUT2D eigenvalue weighted by molar-refractivity contribution is -0.134. The Morgan fingerprint density at radius 1 is 1.32 bits per heavy atom. The van der Waals surface area contributed by atoms with Crippen molar-refractivity contribution >= 4 is 18.0 Å². The fraction of sp³-hybridized carbons (Fsp3) is 0.143. The Kier molecular flexibility index (Phi) is 5.17. The van der Waals surface area contributed by atoms with Crippen molar-refractivity contribution in [2.24, 2.45) is 0 Å². The summed E-state index contributed by atoms with van der Waals surface area (Å²) in [5.41, 5.74) is 1.11. The molecule has 1 aromatic carbocycles. The van der Waals surface area contributed by atoms with Gasteiger partial charge in [0.25, 0.3) is 0 Å². The van der Waals surface area contributed by atoms with Gasteiger partial charge >= 0.3 is 11.9 Å². The average molecular weight is 260 g/mol. The fourth-order valence-corrected chi connectivity index (χ4v) is 1.28. The van der Waals surface area contributed by atoms with Crippen molar-refractivity contribution in [3.05, 3.63) is 35.4 Å². The van der Waals surface area contributed by atoms with Crippen LogP contribution in [0.3, 0.4) is 0 Å². The van der Waals surface area contributed by atoms with E-state index in [2.05, 4.69) is 16.6 Å². The zero-order valence-corrected chi connectivity index (χ0v) is 10.5. The van der Waals surface area contributed by atoms with Gasteiger partial charge in [0.2, 0.25) is 0 Å². The molecule has 1 rings (SSSR count). The molecule has 5 nitrogen and oxygen atoms in total. The summed E-state index contributed by atoms with van der Waals surface area (Å²) in [5.74, 6) is 3.71. The number of benzene rings is 1. The summed E-state index contributed by atoms with van der Waals surface area (Å²) in [6.45, 7) is 0. The number of esters is 1. The quantitative estimate of drug-likeness (QED) is 0.504. The second kappa shape index (κ2) is 6.87. The van der Waals surface area contributed by atoms with Gasteiger partial charge in [-0.05, 0) is 24.3 Å². The van der Waals surface area contributed by atoms with Crippen LogP contribution in [0.5, 0.6) is 5.75 Å². The van der Waals surface area contributed by atoms with E-state index in [4.69, 9.17) is 9.84 Å². The highest BCUT2D eigenvalue weighted by atomic mass is 16.5. The molecule has 0 saturated heterocycles. The number of methoxy groups -OCH3 is 2. The number of carboxylic acids is 1. The number of carboxylic acid groups (broad SMARTS) is 1. The maximum absolute atomic E-state index is 10.9. The Balaban J connectivity index is 3.10. The molecule has 0 amide bonds. The highest BCUT2D eigenvalue weighted by molar-refractivity contribution is 5.89. The number of carbonyl (C=O) groups excluding carboxylic acids is 1. The number of hydrogen-bond acceptors (Lipinski definition) is 4. The number of hydrogen-bond donors (Lipinski definition) is 1.